The molecule has 0 amide bonds. The average Bonchev–Trinajstić information content (AvgIpc) is 2.41. The monoisotopic (exact) mass is 248 g/mol. The highest BCUT2D eigenvalue weighted by Crippen LogP contribution is 2.21. The van der Waals surface area contributed by atoms with Crippen molar-refractivity contribution < 1.29 is 4.74 Å². The fraction of sp³-hybridized carbons (Fsp3) is 0.667. The summed E-state index contributed by atoms with van der Waals surface area (Å²) in [6, 6.07) is 4.76. The van der Waals surface area contributed by atoms with Gasteiger partial charge < -0.3 is 10.1 Å². The van der Waals surface area contributed by atoms with E-state index in [0.29, 0.717) is 6.04 Å². The molecular weight excluding hydrogens is 224 g/mol. The van der Waals surface area contributed by atoms with Crippen molar-refractivity contribution in [2.45, 2.75) is 38.6 Å². The van der Waals surface area contributed by atoms with E-state index >= 15 is 0 Å². The predicted octanol–water partition coefficient (Wildman–Crippen LogP) is 2.42. The van der Waals surface area contributed by atoms with Crippen LogP contribution in [0.4, 0.5) is 0 Å². The molecular formula is C15H24N2O. The van der Waals surface area contributed by atoms with Gasteiger partial charge in [-0.05, 0) is 49.8 Å². The highest BCUT2D eigenvalue weighted by atomic mass is 16.5. The summed E-state index contributed by atoms with van der Waals surface area (Å²) in [5.41, 5.74) is 1.33. The number of rotatable bonds is 6. The van der Waals surface area contributed by atoms with Gasteiger partial charge in [0.25, 0.3) is 0 Å². The third-order valence-corrected chi connectivity index (χ3v) is 3.66. The number of nitrogens with zero attached hydrogens (tertiary/aromatic N) is 1. The summed E-state index contributed by atoms with van der Waals surface area (Å²) < 4.78 is 5.43. The number of ether oxygens (including phenoxy) is 1. The van der Waals surface area contributed by atoms with Crippen molar-refractivity contribution in [3.05, 3.63) is 30.1 Å². The molecule has 1 atom stereocenters. The molecule has 2 rings (SSSR count). The second-order valence-corrected chi connectivity index (χ2v) is 5.11. The van der Waals surface area contributed by atoms with Crippen LogP contribution >= 0.6 is 0 Å². The SMILES string of the molecule is CCNC(Cc1cccnc1)CC1CCOCC1. The zero-order chi connectivity index (χ0) is 12.6. The second-order valence-electron chi connectivity index (χ2n) is 5.11. The smallest absolute Gasteiger partial charge is 0.0468 e. The number of pyridine rings is 1. The third-order valence-electron chi connectivity index (χ3n) is 3.66. The van der Waals surface area contributed by atoms with Crippen molar-refractivity contribution in [1.29, 1.82) is 0 Å². The molecule has 0 aromatic carbocycles. The molecule has 1 saturated heterocycles. The molecule has 3 nitrogen and oxygen atoms in total. The minimum Gasteiger partial charge on any atom is -0.381 e. The summed E-state index contributed by atoms with van der Waals surface area (Å²) in [5.74, 6) is 0.819. The molecule has 18 heavy (non-hydrogen) atoms. The molecule has 1 unspecified atom stereocenters. The Morgan fingerprint density at radius 3 is 2.94 bits per heavy atom. The second kappa shape index (κ2) is 7.49. The van der Waals surface area contributed by atoms with Crippen LogP contribution in [0.5, 0.6) is 0 Å². The first-order chi connectivity index (χ1) is 8.88. The van der Waals surface area contributed by atoms with Crippen molar-refractivity contribution in [3.8, 4) is 0 Å². The van der Waals surface area contributed by atoms with E-state index in [4.69, 9.17) is 4.74 Å². The Kier molecular flexibility index (Phi) is 5.62. The van der Waals surface area contributed by atoms with E-state index in [9.17, 15) is 0 Å². The van der Waals surface area contributed by atoms with Crippen molar-refractivity contribution in [3.63, 3.8) is 0 Å². The van der Waals surface area contributed by atoms with Gasteiger partial charge in [0.1, 0.15) is 0 Å². The average molecular weight is 248 g/mol. The number of nitrogens with one attached hydrogen (secondary N) is 1. The Morgan fingerprint density at radius 1 is 1.44 bits per heavy atom. The quantitative estimate of drug-likeness (QED) is 0.839. The molecule has 0 spiro atoms. The molecule has 1 aromatic rings. The van der Waals surface area contributed by atoms with Gasteiger partial charge in [-0.15, -0.1) is 0 Å². The van der Waals surface area contributed by atoms with Gasteiger partial charge in [-0.1, -0.05) is 13.0 Å². The summed E-state index contributed by atoms with van der Waals surface area (Å²) >= 11 is 0. The highest BCUT2D eigenvalue weighted by molar-refractivity contribution is 5.10. The summed E-state index contributed by atoms with van der Waals surface area (Å²) in [4.78, 5) is 4.20. The third kappa shape index (κ3) is 4.39. The Balaban J connectivity index is 1.86. The number of aromatic nitrogens is 1. The lowest BCUT2D eigenvalue weighted by atomic mass is 9.90. The van der Waals surface area contributed by atoms with Gasteiger partial charge in [0.2, 0.25) is 0 Å². The van der Waals surface area contributed by atoms with Gasteiger partial charge in [0, 0.05) is 31.6 Å². The minimum absolute atomic E-state index is 0.572. The lowest BCUT2D eigenvalue weighted by molar-refractivity contribution is 0.0606. The molecule has 0 radical (unpaired) electrons. The van der Waals surface area contributed by atoms with E-state index in [1.165, 1.54) is 24.8 Å². The molecule has 0 saturated carbocycles. The van der Waals surface area contributed by atoms with Crippen LogP contribution in [0.15, 0.2) is 24.5 Å². The molecule has 1 N–H and O–H groups in total. The van der Waals surface area contributed by atoms with Crippen molar-refractivity contribution in [2.75, 3.05) is 19.8 Å². The summed E-state index contributed by atoms with van der Waals surface area (Å²) in [6.07, 6.45) is 8.59. The maximum absolute atomic E-state index is 5.43. The van der Waals surface area contributed by atoms with Crippen LogP contribution in [-0.2, 0) is 11.2 Å². The van der Waals surface area contributed by atoms with Crippen LogP contribution in [0.25, 0.3) is 0 Å². The molecule has 1 aliphatic heterocycles. The minimum atomic E-state index is 0.572. The van der Waals surface area contributed by atoms with E-state index in [1.54, 1.807) is 0 Å². The Labute approximate surface area is 110 Å². The van der Waals surface area contributed by atoms with Crippen molar-refractivity contribution >= 4 is 0 Å². The molecule has 2 heterocycles. The first-order valence-corrected chi connectivity index (χ1v) is 7.08. The van der Waals surface area contributed by atoms with E-state index < -0.39 is 0 Å². The van der Waals surface area contributed by atoms with Crippen LogP contribution in [0, 0.1) is 5.92 Å². The van der Waals surface area contributed by atoms with Gasteiger partial charge >= 0.3 is 0 Å². The van der Waals surface area contributed by atoms with Gasteiger partial charge in [-0.3, -0.25) is 4.98 Å². The molecule has 1 aromatic heterocycles. The lowest BCUT2D eigenvalue weighted by Crippen LogP contribution is -2.34. The van der Waals surface area contributed by atoms with Crippen LogP contribution < -0.4 is 5.32 Å². The Hall–Kier alpha value is -0.930. The van der Waals surface area contributed by atoms with Crippen molar-refractivity contribution in [1.82, 2.24) is 10.3 Å². The number of hydrogen-bond acceptors (Lipinski definition) is 3. The van der Waals surface area contributed by atoms with Gasteiger partial charge in [-0.2, -0.15) is 0 Å². The molecule has 100 valence electrons. The Morgan fingerprint density at radius 2 is 2.28 bits per heavy atom. The van der Waals surface area contributed by atoms with E-state index in [0.717, 1.165) is 32.1 Å². The maximum Gasteiger partial charge on any atom is 0.0468 e. The molecule has 0 aliphatic carbocycles. The van der Waals surface area contributed by atoms with E-state index in [1.807, 2.05) is 18.5 Å². The topological polar surface area (TPSA) is 34.2 Å². The zero-order valence-electron chi connectivity index (χ0n) is 11.3. The fourth-order valence-electron chi connectivity index (χ4n) is 2.72. The normalized spacial score (nSPS) is 18.7. The van der Waals surface area contributed by atoms with E-state index in [2.05, 4.69) is 23.3 Å². The molecule has 0 bridgehead atoms. The zero-order valence-corrected chi connectivity index (χ0v) is 11.3. The maximum atomic E-state index is 5.43. The van der Waals surface area contributed by atoms with Gasteiger partial charge in [0.05, 0.1) is 0 Å². The van der Waals surface area contributed by atoms with Crippen molar-refractivity contribution in [2.24, 2.45) is 5.92 Å². The van der Waals surface area contributed by atoms with E-state index in [-0.39, 0.29) is 0 Å². The standard InChI is InChI=1S/C15H24N2O/c1-2-17-15(10-13-5-8-18-9-6-13)11-14-4-3-7-16-12-14/h3-4,7,12-13,15,17H,2,5-6,8-11H2,1H3. The first-order valence-electron chi connectivity index (χ1n) is 7.08. The number of likely N-dealkylation sites (N-methyl/N-ethyl adjacent to an activating group) is 1. The summed E-state index contributed by atoms with van der Waals surface area (Å²) in [6.45, 7) is 5.10. The first kappa shape index (κ1) is 13.5. The lowest BCUT2D eigenvalue weighted by Gasteiger charge is -2.27. The van der Waals surface area contributed by atoms with Gasteiger partial charge in [0.15, 0.2) is 0 Å². The van der Waals surface area contributed by atoms with Crippen LogP contribution in [-0.4, -0.2) is 30.8 Å². The van der Waals surface area contributed by atoms with Crippen LogP contribution in [0.1, 0.15) is 31.7 Å². The molecule has 3 heteroatoms. The van der Waals surface area contributed by atoms with Gasteiger partial charge in [-0.25, -0.2) is 0 Å². The summed E-state index contributed by atoms with van der Waals surface area (Å²) in [5, 5.41) is 3.61. The van der Waals surface area contributed by atoms with Crippen LogP contribution in [0.3, 0.4) is 0 Å². The Bertz CT molecular complexity index is 323. The fourth-order valence-corrected chi connectivity index (χ4v) is 2.72. The molecule has 1 aliphatic rings. The summed E-state index contributed by atoms with van der Waals surface area (Å²) in [7, 11) is 0. The highest BCUT2D eigenvalue weighted by Gasteiger charge is 2.19. The largest absolute Gasteiger partial charge is 0.381 e. The predicted molar refractivity (Wildman–Crippen MR) is 73.6 cm³/mol. The molecule has 1 fully saturated rings. The number of hydrogen-bond donors (Lipinski definition) is 1. The van der Waals surface area contributed by atoms with Crippen LogP contribution in [0.2, 0.25) is 0 Å².